The van der Waals surface area contributed by atoms with E-state index in [-0.39, 0.29) is 17.7 Å². The smallest absolute Gasteiger partial charge is 0.251 e. The van der Waals surface area contributed by atoms with Gasteiger partial charge in [0.15, 0.2) is 0 Å². The summed E-state index contributed by atoms with van der Waals surface area (Å²) >= 11 is 0. The van der Waals surface area contributed by atoms with Gasteiger partial charge in [-0.05, 0) is 30.2 Å². The van der Waals surface area contributed by atoms with Gasteiger partial charge < -0.3 is 10.6 Å². The molecule has 23 heavy (non-hydrogen) atoms. The van der Waals surface area contributed by atoms with Crippen molar-refractivity contribution in [3.8, 4) is 0 Å². The highest BCUT2D eigenvalue weighted by atomic mass is 16.2. The third-order valence-corrected chi connectivity index (χ3v) is 3.77. The lowest BCUT2D eigenvalue weighted by atomic mass is 9.97. The number of aromatic nitrogens is 1. The Morgan fingerprint density at radius 1 is 1.09 bits per heavy atom. The predicted octanol–water partition coefficient (Wildman–Crippen LogP) is 2.86. The Morgan fingerprint density at radius 2 is 1.74 bits per heavy atom. The second-order valence-electron chi connectivity index (χ2n) is 5.43. The highest BCUT2D eigenvalue weighted by Gasteiger charge is 2.26. The van der Waals surface area contributed by atoms with Gasteiger partial charge in [-0.25, -0.2) is 0 Å². The maximum atomic E-state index is 12.5. The Morgan fingerprint density at radius 3 is 2.35 bits per heavy atom. The summed E-state index contributed by atoms with van der Waals surface area (Å²) in [5.41, 5.74) is 1.20. The van der Waals surface area contributed by atoms with Crippen LogP contribution in [0.15, 0.2) is 54.9 Å². The number of hydrogen-bond acceptors (Lipinski definition) is 3. The zero-order valence-corrected chi connectivity index (χ0v) is 13.3. The number of carbonyl (C=O) groups excluding carboxylic acids is 2. The molecule has 1 aromatic heterocycles. The lowest BCUT2D eigenvalue weighted by Crippen LogP contribution is -2.47. The molecule has 5 heteroatoms. The van der Waals surface area contributed by atoms with Crippen LogP contribution in [0.25, 0.3) is 0 Å². The monoisotopic (exact) mass is 311 g/mol. The van der Waals surface area contributed by atoms with Gasteiger partial charge in [-0.15, -0.1) is 0 Å². The first-order valence-electron chi connectivity index (χ1n) is 7.68. The highest BCUT2D eigenvalue weighted by Crippen LogP contribution is 2.12. The minimum absolute atomic E-state index is 0.0181. The van der Waals surface area contributed by atoms with Gasteiger partial charge in [-0.3, -0.25) is 14.6 Å². The van der Waals surface area contributed by atoms with E-state index in [4.69, 9.17) is 0 Å². The van der Waals surface area contributed by atoms with E-state index in [0.29, 0.717) is 11.3 Å². The average Bonchev–Trinajstić information content (AvgIpc) is 2.60. The molecule has 0 fully saturated rings. The maximum absolute atomic E-state index is 12.5. The van der Waals surface area contributed by atoms with E-state index in [1.54, 1.807) is 48.8 Å². The van der Waals surface area contributed by atoms with E-state index in [2.05, 4.69) is 15.6 Å². The molecule has 120 valence electrons. The molecule has 2 rings (SSSR count). The second kappa shape index (κ2) is 8.08. The van der Waals surface area contributed by atoms with E-state index in [9.17, 15) is 9.59 Å². The highest BCUT2D eigenvalue weighted by molar-refractivity contribution is 6.01. The Bertz CT molecular complexity index is 644. The van der Waals surface area contributed by atoms with Crippen LogP contribution in [0.2, 0.25) is 0 Å². The number of nitrogens with zero attached hydrogens (tertiary/aromatic N) is 1. The standard InChI is InChI=1S/C18H21N3O2/c1-3-13(2)16(18(23)20-15-9-11-19-12-10-15)21-17(22)14-7-5-4-6-8-14/h4-13,16H,3H2,1-2H3,(H,21,22)(H,19,20,23)/t13-,16+/m0/s1. The molecule has 1 heterocycles. The molecular formula is C18H21N3O2. The summed E-state index contributed by atoms with van der Waals surface area (Å²) in [7, 11) is 0. The van der Waals surface area contributed by atoms with Gasteiger partial charge in [0.2, 0.25) is 5.91 Å². The van der Waals surface area contributed by atoms with Crippen molar-refractivity contribution in [3.05, 3.63) is 60.4 Å². The van der Waals surface area contributed by atoms with Crippen molar-refractivity contribution in [2.45, 2.75) is 26.3 Å². The molecule has 0 aliphatic heterocycles. The molecular weight excluding hydrogens is 290 g/mol. The fourth-order valence-electron chi connectivity index (χ4n) is 2.17. The summed E-state index contributed by atoms with van der Waals surface area (Å²) in [6.07, 6.45) is 4.00. The van der Waals surface area contributed by atoms with Gasteiger partial charge in [0.25, 0.3) is 5.91 Å². The summed E-state index contributed by atoms with van der Waals surface area (Å²) in [5.74, 6) is -0.458. The molecule has 0 saturated heterocycles. The van der Waals surface area contributed by atoms with Crippen LogP contribution in [-0.4, -0.2) is 22.8 Å². The lowest BCUT2D eigenvalue weighted by molar-refractivity contribution is -0.119. The van der Waals surface area contributed by atoms with Crippen molar-refractivity contribution in [2.75, 3.05) is 5.32 Å². The van der Waals surface area contributed by atoms with Crippen molar-refractivity contribution >= 4 is 17.5 Å². The summed E-state index contributed by atoms with van der Waals surface area (Å²) in [5, 5.41) is 5.66. The predicted molar refractivity (Wildman–Crippen MR) is 90.0 cm³/mol. The van der Waals surface area contributed by atoms with Gasteiger partial charge in [0.05, 0.1) is 0 Å². The molecule has 2 atom stereocenters. The third kappa shape index (κ3) is 4.64. The largest absolute Gasteiger partial charge is 0.340 e. The number of hydrogen-bond donors (Lipinski definition) is 2. The molecule has 1 aromatic carbocycles. The molecule has 0 aliphatic carbocycles. The van der Waals surface area contributed by atoms with E-state index in [1.165, 1.54) is 0 Å². The van der Waals surface area contributed by atoms with Crippen LogP contribution in [0.5, 0.6) is 0 Å². The summed E-state index contributed by atoms with van der Waals surface area (Å²) in [4.78, 5) is 28.8. The Kier molecular flexibility index (Phi) is 5.86. The third-order valence-electron chi connectivity index (χ3n) is 3.77. The molecule has 2 amide bonds. The van der Waals surface area contributed by atoms with Crippen molar-refractivity contribution in [3.63, 3.8) is 0 Å². The average molecular weight is 311 g/mol. The van der Waals surface area contributed by atoms with Crippen molar-refractivity contribution in [2.24, 2.45) is 5.92 Å². The van der Waals surface area contributed by atoms with Crippen LogP contribution < -0.4 is 10.6 Å². The maximum Gasteiger partial charge on any atom is 0.251 e. The van der Waals surface area contributed by atoms with Gasteiger partial charge in [-0.1, -0.05) is 38.5 Å². The topological polar surface area (TPSA) is 71.1 Å². The van der Waals surface area contributed by atoms with Crippen LogP contribution >= 0.6 is 0 Å². The fourth-order valence-corrected chi connectivity index (χ4v) is 2.17. The SMILES string of the molecule is CC[C@H](C)[C@@H](NC(=O)c1ccccc1)C(=O)Nc1ccncc1. The van der Waals surface area contributed by atoms with E-state index < -0.39 is 6.04 Å². The molecule has 0 radical (unpaired) electrons. The molecule has 0 unspecified atom stereocenters. The van der Waals surface area contributed by atoms with Crippen LogP contribution in [0.1, 0.15) is 30.6 Å². The normalized spacial score (nSPS) is 13.0. The Balaban J connectivity index is 2.10. The van der Waals surface area contributed by atoms with Gasteiger partial charge >= 0.3 is 0 Å². The van der Waals surface area contributed by atoms with E-state index >= 15 is 0 Å². The number of rotatable bonds is 6. The van der Waals surface area contributed by atoms with Crippen molar-refractivity contribution in [1.29, 1.82) is 0 Å². The first-order chi connectivity index (χ1) is 11.1. The molecule has 0 aliphatic rings. The second-order valence-corrected chi connectivity index (χ2v) is 5.43. The van der Waals surface area contributed by atoms with Crippen molar-refractivity contribution in [1.82, 2.24) is 10.3 Å². The molecule has 0 spiro atoms. The lowest BCUT2D eigenvalue weighted by Gasteiger charge is -2.23. The van der Waals surface area contributed by atoms with Crippen LogP contribution in [0.4, 0.5) is 5.69 Å². The van der Waals surface area contributed by atoms with E-state index in [1.807, 2.05) is 19.9 Å². The number of amides is 2. The molecule has 0 saturated carbocycles. The Labute approximate surface area is 136 Å². The molecule has 0 bridgehead atoms. The number of anilines is 1. The summed E-state index contributed by atoms with van der Waals surface area (Å²) < 4.78 is 0. The summed E-state index contributed by atoms with van der Waals surface area (Å²) in [6, 6.07) is 11.7. The summed E-state index contributed by atoms with van der Waals surface area (Å²) in [6.45, 7) is 3.94. The van der Waals surface area contributed by atoms with Gasteiger partial charge in [0, 0.05) is 23.6 Å². The van der Waals surface area contributed by atoms with Crippen molar-refractivity contribution < 1.29 is 9.59 Å². The van der Waals surface area contributed by atoms with Crippen LogP contribution in [-0.2, 0) is 4.79 Å². The minimum atomic E-state index is -0.596. The molecule has 2 N–H and O–H groups in total. The number of benzene rings is 1. The number of carbonyl (C=O) groups is 2. The van der Waals surface area contributed by atoms with E-state index in [0.717, 1.165) is 6.42 Å². The quantitative estimate of drug-likeness (QED) is 0.861. The van der Waals surface area contributed by atoms with Crippen LogP contribution in [0.3, 0.4) is 0 Å². The zero-order valence-electron chi connectivity index (χ0n) is 13.3. The molecule has 5 nitrogen and oxygen atoms in total. The first-order valence-corrected chi connectivity index (χ1v) is 7.68. The van der Waals surface area contributed by atoms with Gasteiger partial charge in [0.1, 0.15) is 6.04 Å². The first kappa shape index (κ1) is 16.7. The van der Waals surface area contributed by atoms with Gasteiger partial charge in [-0.2, -0.15) is 0 Å². The number of nitrogens with one attached hydrogen (secondary N) is 2. The van der Waals surface area contributed by atoms with Crippen LogP contribution in [0, 0.1) is 5.92 Å². The number of pyridine rings is 1. The zero-order chi connectivity index (χ0) is 16.7. The fraction of sp³-hybridized carbons (Fsp3) is 0.278. The minimum Gasteiger partial charge on any atom is -0.340 e. The Hall–Kier alpha value is -2.69. The molecule has 2 aromatic rings.